The zero-order valence-corrected chi connectivity index (χ0v) is 15.6. The zero-order valence-electron chi connectivity index (χ0n) is 15.6. The highest BCUT2D eigenvalue weighted by Gasteiger charge is 2.25. The molecule has 10 nitrogen and oxygen atoms in total. The molecule has 1 aliphatic heterocycles. The van der Waals surface area contributed by atoms with Gasteiger partial charge >= 0.3 is 0 Å². The molecule has 1 aliphatic rings. The fraction of sp³-hybridized carbons (Fsp3) is 0.263. The summed E-state index contributed by atoms with van der Waals surface area (Å²) in [5.74, 6) is -0.207. The van der Waals surface area contributed by atoms with Crippen molar-refractivity contribution in [2.24, 2.45) is 0 Å². The number of amides is 1. The van der Waals surface area contributed by atoms with E-state index in [0.29, 0.717) is 18.7 Å². The third kappa shape index (κ3) is 4.11. The lowest BCUT2D eigenvalue weighted by Gasteiger charge is -2.34. The summed E-state index contributed by atoms with van der Waals surface area (Å²) in [7, 11) is 0. The Bertz CT molecular complexity index is 1000. The highest BCUT2D eigenvalue weighted by Crippen LogP contribution is 2.24. The molecular weight excluding hydrogens is 374 g/mol. The smallest absolute Gasteiger partial charge is 0.295 e. The molecule has 0 bridgehead atoms. The maximum Gasteiger partial charge on any atom is 0.295 e. The summed E-state index contributed by atoms with van der Waals surface area (Å²) in [5.41, 5.74) is 1.56. The predicted octanol–water partition coefficient (Wildman–Crippen LogP) is 1.53. The maximum atomic E-state index is 12.9. The normalized spacial score (nSPS) is 14.7. The van der Waals surface area contributed by atoms with Gasteiger partial charge in [0.2, 0.25) is 0 Å². The molecule has 1 amide bonds. The molecule has 0 N–H and O–H groups in total. The molecule has 0 radical (unpaired) electrons. The number of hydrogen-bond donors (Lipinski definition) is 0. The van der Waals surface area contributed by atoms with Gasteiger partial charge in [0, 0.05) is 56.7 Å². The molecule has 4 rings (SSSR count). The molecule has 3 aromatic rings. The molecule has 2 aromatic heterocycles. The number of nitro groups is 1. The second-order valence-corrected chi connectivity index (χ2v) is 6.72. The van der Waals surface area contributed by atoms with Gasteiger partial charge in [0.15, 0.2) is 0 Å². The van der Waals surface area contributed by atoms with E-state index in [1.165, 1.54) is 35.0 Å². The predicted molar refractivity (Wildman–Crippen MR) is 103 cm³/mol. The number of nitro benzene ring substituents is 1. The van der Waals surface area contributed by atoms with Crippen molar-refractivity contribution >= 4 is 11.6 Å². The Morgan fingerprint density at radius 2 is 1.83 bits per heavy atom. The first kappa shape index (κ1) is 18.7. The minimum Gasteiger partial charge on any atom is -0.336 e. The zero-order chi connectivity index (χ0) is 20.2. The van der Waals surface area contributed by atoms with E-state index in [-0.39, 0.29) is 17.3 Å². The molecule has 29 heavy (non-hydrogen) atoms. The average Bonchev–Trinajstić information content (AvgIpc) is 3.29. The largest absolute Gasteiger partial charge is 0.336 e. The SMILES string of the molecule is O=C(c1ccc(-n2cncn2)c([N+](=O)[O-])c1)N1CCN(Cc2ccncc2)CC1. The lowest BCUT2D eigenvalue weighted by atomic mass is 10.1. The summed E-state index contributed by atoms with van der Waals surface area (Å²) >= 11 is 0. The Morgan fingerprint density at radius 1 is 1.07 bits per heavy atom. The summed E-state index contributed by atoms with van der Waals surface area (Å²) in [6.07, 6.45) is 6.22. The number of carbonyl (C=O) groups excluding carboxylic acids is 1. The van der Waals surface area contributed by atoms with Crippen LogP contribution in [0.2, 0.25) is 0 Å². The van der Waals surface area contributed by atoms with Crippen LogP contribution in [0.3, 0.4) is 0 Å². The van der Waals surface area contributed by atoms with Gasteiger partial charge in [0.05, 0.1) is 4.92 Å². The number of aromatic nitrogens is 4. The van der Waals surface area contributed by atoms with Crippen molar-refractivity contribution < 1.29 is 9.72 Å². The van der Waals surface area contributed by atoms with Crippen molar-refractivity contribution in [2.75, 3.05) is 26.2 Å². The summed E-state index contributed by atoms with van der Waals surface area (Å²) in [5, 5.41) is 15.4. The number of piperazine rings is 1. The molecule has 0 saturated carbocycles. The van der Waals surface area contributed by atoms with E-state index < -0.39 is 4.92 Å². The number of hydrogen-bond acceptors (Lipinski definition) is 7. The van der Waals surface area contributed by atoms with E-state index in [1.807, 2.05) is 12.1 Å². The van der Waals surface area contributed by atoms with Crippen molar-refractivity contribution in [1.29, 1.82) is 0 Å². The Kier molecular flexibility index (Phi) is 5.25. The van der Waals surface area contributed by atoms with E-state index in [4.69, 9.17) is 0 Å². The molecule has 0 unspecified atom stereocenters. The lowest BCUT2D eigenvalue weighted by molar-refractivity contribution is -0.384. The molecule has 148 valence electrons. The lowest BCUT2D eigenvalue weighted by Crippen LogP contribution is -2.48. The number of pyridine rings is 1. The first-order valence-electron chi connectivity index (χ1n) is 9.16. The highest BCUT2D eigenvalue weighted by molar-refractivity contribution is 5.95. The molecule has 0 atom stereocenters. The molecule has 3 heterocycles. The Hall–Kier alpha value is -3.66. The Morgan fingerprint density at radius 3 is 2.48 bits per heavy atom. The topological polar surface area (TPSA) is 110 Å². The Labute approximate surface area is 166 Å². The van der Waals surface area contributed by atoms with E-state index >= 15 is 0 Å². The molecule has 0 spiro atoms. The van der Waals surface area contributed by atoms with Crippen molar-refractivity contribution in [1.82, 2.24) is 29.5 Å². The molecule has 1 aromatic carbocycles. The van der Waals surface area contributed by atoms with Gasteiger partial charge in [-0.25, -0.2) is 9.67 Å². The molecule has 1 saturated heterocycles. The Balaban J connectivity index is 1.45. The van der Waals surface area contributed by atoms with Gasteiger partial charge in [-0.3, -0.25) is 24.8 Å². The first-order valence-corrected chi connectivity index (χ1v) is 9.16. The van der Waals surface area contributed by atoms with Crippen LogP contribution < -0.4 is 0 Å². The van der Waals surface area contributed by atoms with Crippen molar-refractivity contribution in [3.63, 3.8) is 0 Å². The second-order valence-electron chi connectivity index (χ2n) is 6.72. The van der Waals surface area contributed by atoms with Gasteiger partial charge in [0.25, 0.3) is 11.6 Å². The first-order chi connectivity index (χ1) is 14.1. The number of nitrogens with zero attached hydrogens (tertiary/aromatic N) is 7. The van der Waals surface area contributed by atoms with Crippen LogP contribution in [0.4, 0.5) is 5.69 Å². The summed E-state index contributed by atoms with van der Waals surface area (Å²) < 4.78 is 1.31. The number of benzene rings is 1. The third-order valence-corrected chi connectivity index (χ3v) is 4.90. The summed E-state index contributed by atoms with van der Waals surface area (Å²) in [4.78, 5) is 35.7. The van der Waals surface area contributed by atoms with Crippen molar-refractivity contribution in [2.45, 2.75) is 6.54 Å². The van der Waals surface area contributed by atoms with Crippen LogP contribution in [0.5, 0.6) is 0 Å². The van der Waals surface area contributed by atoms with Crippen LogP contribution in [0.15, 0.2) is 55.4 Å². The van der Waals surface area contributed by atoms with Gasteiger partial charge in [-0.05, 0) is 29.8 Å². The van der Waals surface area contributed by atoms with Crippen LogP contribution in [0.25, 0.3) is 5.69 Å². The van der Waals surface area contributed by atoms with Crippen LogP contribution in [-0.4, -0.2) is 66.6 Å². The standard InChI is InChI=1S/C19H19N7O3/c27-19(24-9-7-23(8-10-24)12-15-3-5-20-6-4-15)16-1-2-17(18(11-16)26(28)29)25-14-21-13-22-25/h1-6,11,13-14H,7-10,12H2. The maximum absolute atomic E-state index is 12.9. The molecule has 1 fully saturated rings. The fourth-order valence-electron chi connectivity index (χ4n) is 3.37. The molecule has 0 aliphatic carbocycles. The van der Waals surface area contributed by atoms with Gasteiger partial charge < -0.3 is 4.90 Å². The van der Waals surface area contributed by atoms with Gasteiger partial charge in [-0.1, -0.05) is 0 Å². The van der Waals surface area contributed by atoms with Gasteiger partial charge in [-0.2, -0.15) is 5.10 Å². The second kappa shape index (κ2) is 8.15. The minimum absolute atomic E-state index is 0.183. The fourth-order valence-corrected chi connectivity index (χ4v) is 3.37. The summed E-state index contributed by atoms with van der Waals surface area (Å²) in [6.45, 7) is 3.44. The van der Waals surface area contributed by atoms with Crippen molar-refractivity contribution in [3.05, 3.63) is 76.6 Å². The van der Waals surface area contributed by atoms with E-state index in [0.717, 1.165) is 19.6 Å². The third-order valence-electron chi connectivity index (χ3n) is 4.90. The average molecular weight is 393 g/mol. The summed E-state index contributed by atoms with van der Waals surface area (Å²) in [6, 6.07) is 8.39. The van der Waals surface area contributed by atoms with Crippen LogP contribution in [0.1, 0.15) is 15.9 Å². The molecular formula is C19H19N7O3. The van der Waals surface area contributed by atoms with E-state index in [1.54, 1.807) is 23.4 Å². The van der Waals surface area contributed by atoms with E-state index in [9.17, 15) is 14.9 Å². The minimum atomic E-state index is -0.513. The van der Waals surface area contributed by atoms with Crippen LogP contribution >= 0.6 is 0 Å². The number of carbonyl (C=O) groups is 1. The highest BCUT2D eigenvalue weighted by atomic mass is 16.6. The monoisotopic (exact) mass is 393 g/mol. The number of rotatable bonds is 5. The quantitative estimate of drug-likeness (QED) is 0.477. The van der Waals surface area contributed by atoms with Crippen molar-refractivity contribution in [3.8, 4) is 5.69 Å². The van der Waals surface area contributed by atoms with E-state index in [2.05, 4.69) is 20.0 Å². The van der Waals surface area contributed by atoms with Gasteiger partial charge in [0.1, 0.15) is 18.3 Å². The van der Waals surface area contributed by atoms with Crippen LogP contribution in [-0.2, 0) is 6.54 Å². The van der Waals surface area contributed by atoms with Crippen LogP contribution in [0, 0.1) is 10.1 Å². The van der Waals surface area contributed by atoms with Gasteiger partial charge in [-0.15, -0.1) is 0 Å². The molecule has 10 heteroatoms.